The molecule has 0 spiro atoms. The van der Waals surface area contributed by atoms with Gasteiger partial charge in [-0.2, -0.15) is 24.5 Å². The first kappa shape index (κ1) is 17.8. The van der Waals surface area contributed by atoms with Gasteiger partial charge in [-0.1, -0.05) is 19.9 Å². The van der Waals surface area contributed by atoms with Crippen molar-refractivity contribution in [3.63, 3.8) is 0 Å². The summed E-state index contributed by atoms with van der Waals surface area (Å²) in [6.07, 6.45) is -5.28. The maximum atomic E-state index is 13.0. The van der Waals surface area contributed by atoms with Crippen LogP contribution in [0.4, 0.5) is 13.2 Å². The zero-order chi connectivity index (χ0) is 17.5. The van der Waals surface area contributed by atoms with Crippen LogP contribution in [0, 0.1) is 0 Å². The Balaban J connectivity index is 2.41. The molecule has 1 unspecified atom stereocenters. The number of aromatic hydroxyl groups is 1. The summed E-state index contributed by atoms with van der Waals surface area (Å²) >= 11 is 1.51. The number of rotatable bonds is 4. The van der Waals surface area contributed by atoms with E-state index in [-0.39, 0.29) is 5.75 Å². The lowest BCUT2D eigenvalue weighted by Gasteiger charge is -2.35. The SMILES string of the molecule is CC(C)(CC(C)(O)C(F)(F)F)c1cc(-c2ccsc2)ccc1O. The van der Waals surface area contributed by atoms with Crippen molar-refractivity contribution >= 4 is 11.3 Å². The van der Waals surface area contributed by atoms with E-state index >= 15 is 0 Å². The third-order valence-corrected chi connectivity index (χ3v) is 4.66. The quantitative estimate of drug-likeness (QED) is 0.810. The summed E-state index contributed by atoms with van der Waals surface area (Å²) in [4.78, 5) is 0. The summed E-state index contributed by atoms with van der Waals surface area (Å²) < 4.78 is 38.9. The number of phenolic OH excluding ortho intramolecular Hbond substituents is 1. The molecule has 0 bridgehead atoms. The van der Waals surface area contributed by atoms with Crippen molar-refractivity contribution in [2.45, 2.75) is 44.4 Å². The molecular weight excluding hydrogens is 325 g/mol. The molecule has 23 heavy (non-hydrogen) atoms. The van der Waals surface area contributed by atoms with E-state index in [1.165, 1.54) is 17.4 Å². The second-order valence-corrected chi connectivity index (χ2v) is 7.36. The van der Waals surface area contributed by atoms with Gasteiger partial charge in [0.05, 0.1) is 0 Å². The highest BCUT2D eigenvalue weighted by atomic mass is 32.1. The molecule has 126 valence electrons. The Hall–Kier alpha value is -1.53. The van der Waals surface area contributed by atoms with Crippen LogP contribution < -0.4 is 0 Å². The normalized spacial score (nSPS) is 15.4. The number of phenols is 1. The largest absolute Gasteiger partial charge is 0.508 e. The van der Waals surface area contributed by atoms with Crippen LogP contribution in [0.3, 0.4) is 0 Å². The van der Waals surface area contributed by atoms with Gasteiger partial charge in [-0.25, -0.2) is 0 Å². The zero-order valence-corrected chi connectivity index (χ0v) is 13.9. The Morgan fingerprint density at radius 1 is 1.04 bits per heavy atom. The highest BCUT2D eigenvalue weighted by molar-refractivity contribution is 7.08. The first-order valence-electron chi connectivity index (χ1n) is 7.09. The van der Waals surface area contributed by atoms with Crippen LogP contribution in [-0.2, 0) is 5.41 Å². The lowest BCUT2D eigenvalue weighted by atomic mass is 9.74. The average molecular weight is 344 g/mol. The Morgan fingerprint density at radius 3 is 2.22 bits per heavy atom. The molecule has 2 aromatic rings. The van der Waals surface area contributed by atoms with Gasteiger partial charge < -0.3 is 10.2 Å². The molecule has 0 saturated heterocycles. The zero-order valence-electron chi connectivity index (χ0n) is 13.1. The molecule has 0 fully saturated rings. The Labute approximate surface area is 137 Å². The van der Waals surface area contributed by atoms with E-state index in [0.717, 1.165) is 18.1 Å². The van der Waals surface area contributed by atoms with Crippen LogP contribution in [0.25, 0.3) is 11.1 Å². The van der Waals surface area contributed by atoms with Gasteiger partial charge in [0.2, 0.25) is 0 Å². The van der Waals surface area contributed by atoms with E-state index in [4.69, 9.17) is 0 Å². The highest BCUT2D eigenvalue weighted by Gasteiger charge is 2.52. The lowest BCUT2D eigenvalue weighted by Crippen LogP contribution is -2.46. The molecule has 2 rings (SSSR count). The minimum absolute atomic E-state index is 0.0769. The fraction of sp³-hybridized carbons (Fsp3) is 0.412. The summed E-state index contributed by atoms with van der Waals surface area (Å²) in [5, 5.41) is 23.7. The van der Waals surface area contributed by atoms with Gasteiger partial charge in [-0.05, 0) is 58.8 Å². The number of halogens is 3. The lowest BCUT2D eigenvalue weighted by molar-refractivity contribution is -0.259. The number of benzene rings is 1. The first-order chi connectivity index (χ1) is 10.4. The van der Waals surface area contributed by atoms with Crippen LogP contribution in [0.2, 0.25) is 0 Å². The van der Waals surface area contributed by atoms with E-state index in [0.29, 0.717) is 5.56 Å². The van der Waals surface area contributed by atoms with Crippen molar-refractivity contribution in [3.05, 3.63) is 40.6 Å². The van der Waals surface area contributed by atoms with Crippen LogP contribution in [-0.4, -0.2) is 22.0 Å². The molecular formula is C17H19F3O2S. The molecule has 1 atom stereocenters. The van der Waals surface area contributed by atoms with Crippen molar-refractivity contribution in [3.8, 4) is 16.9 Å². The van der Waals surface area contributed by atoms with E-state index in [2.05, 4.69) is 0 Å². The Bertz CT molecular complexity index is 674. The van der Waals surface area contributed by atoms with E-state index in [9.17, 15) is 23.4 Å². The predicted octanol–water partition coefficient (Wildman–Crippen LogP) is 5.10. The summed E-state index contributed by atoms with van der Waals surface area (Å²) in [6, 6.07) is 6.79. The van der Waals surface area contributed by atoms with Crippen LogP contribution >= 0.6 is 11.3 Å². The molecule has 1 aromatic carbocycles. The van der Waals surface area contributed by atoms with Crippen molar-refractivity contribution in [2.75, 3.05) is 0 Å². The molecule has 2 nitrogen and oxygen atoms in total. The number of aliphatic hydroxyl groups is 1. The molecule has 0 saturated carbocycles. The summed E-state index contributed by atoms with van der Waals surface area (Å²) in [5.41, 5.74) is -1.75. The van der Waals surface area contributed by atoms with Gasteiger partial charge in [0.15, 0.2) is 5.60 Å². The minimum atomic E-state index is -4.73. The maximum Gasteiger partial charge on any atom is 0.416 e. The molecule has 6 heteroatoms. The van der Waals surface area contributed by atoms with Crippen LogP contribution in [0.15, 0.2) is 35.0 Å². The van der Waals surface area contributed by atoms with Crippen molar-refractivity contribution in [1.82, 2.24) is 0 Å². The first-order valence-corrected chi connectivity index (χ1v) is 8.03. The second-order valence-electron chi connectivity index (χ2n) is 6.58. The van der Waals surface area contributed by atoms with Gasteiger partial charge >= 0.3 is 6.18 Å². The van der Waals surface area contributed by atoms with Crippen molar-refractivity contribution in [1.29, 1.82) is 0 Å². The van der Waals surface area contributed by atoms with Gasteiger partial charge in [-0.3, -0.25) is 0 Å². The molecule has 0 aliphatic heterocycles. The number of thiophene rings is 1. The minimum Gasteiger partial charge on any atom is -0.508 e. The van der Waals surface area contributed by atoms with Gasteiger partial charge in [0, 0.05) is 5.56 Å². The topological polar surface area (TPSA) is 40.5 Å². The van der Waals surface area contributed by atoms with Crippen LogP contribution in [0.1, 0.15) is 32.8 Å². The van der Waals surface area contributed by atoms with Crippen LogP contribution in [0.5, 0.6) is 5.75 Å². The summed E-state index contributed by atoms with van der Waals surface area (Å²) in [5.74, 6) is -0.0769. The van der Waals surface area contributed by atoms with Crippen molar-refractivity contribution in [2.24, 2.45) is 0 Å². The molecule has 1 aromatic heterocycles. The predicted molar refractivity (Wildman–Crippen MR) is 85.7 cm³/mol. The third-order valence-electron chi connectivity index (χ3n) is 3.98. The number of hydrogen-bond donors (Lipinski definition) is 2. The highest BCUT2D eigenvalue weighted by Crippen LogP contribution is 2.44. The summed E-state index contributed by atoms with van der Waals surface area (Å²) in [7, 11) is 0. The molecule has 0 amide bonds. The smallest absolute Gasteiger partial charge is 0.416 e. The molecule has 2 N–H and O–H groups in total. The van der Waals surface area contributed by atoms with E-state index < -0.39 is 23.6 Å². The van der Waals surface area contributed by atoms with Gasteiger partial charge in [-0.15, -0.1) is 0 Å². The monoisotopic (exact) mass is 344 g/mol. The standard InChI is InChI=1S/C17H19F3O2S/c1-15(2,10-16(3,22)17(18,19)20)13-8-11(4-5-14(13)21)12-6-7-23-9-12/h4-9,21-22H,10H2,1-3H3. The fourth-order valence-corrected chi connectivity index (χ4v) is 3.41. The molecule has 0 aliphatic carbocycles. The summed E-state index contributed by atoms with van der Waals surface area (Å²) in [6.45, 7) is 3.92. The Morgan fingerprint density at radius 2 is 1.70 bits per heavy atom. The van der Waals surface area contributed by atoms with Crippen molar-refractivity contribution < 1.29 is 23.4 Å². The van der Waals surface area contributed by atoms with E-state index in [1.54, 1.807) is 26.0 Å². The number of hydrogen-bond acceptors (Lipinski definition) is 3. The van der Waals surface area contributed by atoms with Gasteiger partial charge in [0.1, 0.15) is 5.75 Å². The molecule has 1 heterocycles. The second kappa shape index (κ2) is 5.83. The molecule has 0 radical (unpaired) electrons. The Kier molecular flexibility index (Phi) is 4.52. The maximum absolute atomic E-state index is 13.0. The third kappa shape index (κ3) is 3.70. The molecule has 0 aliphatic rings. The van der Waals surface area contributed by atoms with E-state index in [1.807, 2.05) is 16.8 Å². The van der Waals surface area contributed by atoms with Gasteiger partial charge in [0.25, 0.3) is 0 Å². The fourth-order valence-electron chi connectivity index (χ4n) is 2.74. The number of alkyl halides is 3. The average Bonchev–Trinajstić information content (AvgIpc) is 2.90.